The van der Waals surface area contributed by atoms with E-state index >= 15 is 0 Å². The van der Waals surface area contributed by atoms with Gasteiger partial charge in [0.25, 0.3) is 0 Å². The Balaban J connectivity index is 2.18. The van der Waals surface area contributed by atoms with Crippen LogP contribution in [0.3, 0.4) is 0 Å². The third-order valence-corrected chi connectivity index (χ3v) is 3.42. The second-order valence-corrected chi connectivity index (χ2v) is 4.77. The molecular weight excluding hydrogens is 268 g/mol. The molecule has 0 saturated carbocycles. The quantitative estimate of drug-likeness (QED) is 0.863. The summed E-state index contributed by atoms with van der Waals surface area (Å²) in [6, 6.07) is 8.89. The van der Waals surface area contributed by atoms with Crippen molar-refractivity contribution >= 4 is 11.3 Å². The van der Waals surface area contributed by atoms with Crippen molar-refractivity contribution in [3.8, 4) is 5.75 Å². The first-order valence-electron chi connectivity index (χ1n) is 6.01. The van der Waals surface area contributed by atoms with Crippen LogP contribution in [0.4, 0.5) is 8.78 Å². The van der Waals surface area contributed by atoms with Crippen molar-refractivity contribution in [1.82, 2.24) is 5.32 Å². The SMILES string of the molecule is CCNC(c1ccc(OC(F)F)cc1)c1ccsc1. The van der Waals surface area contributed by atoms with Crippen LogP contribution in [0.15, 0.2) is 41.1 Å². The Bertz CT molecular complexity index is 485. The predicted molar refractivity (Wildman–Crippen MR) is 72.9 cm³/mol. The minimum Gasteiger partial charge on any atom is -0.435 e. The molecular formula is C14H15F2NOS. The van der Waals surface area contributed by atoms with Crippen LogP contribution in [0, 0.1) is 0 Å². The molecule has 5 heteroatoms. The number of ether oxygens (including phenoxy) is 1. The van der Waals surface area contributed by atoms with Gasteiger partial charge in [0.2, 0.25) is 0 Å². The smallest absolute Gasteiger partial charge is 0.387 e. The molecule has 1 atom stereocenters. The first kappa shape index (κ1) is 14.0. The van der Waals surface area contributed by atoms with E-state index in [0.29, 0.717) is 0 Å². The van der Waals surface area contributed by atoms with E-state index in [2.05, 4.69) is 21.5 Å². The van der Waals surface area contributed by atoms with E-state index in [0.717, 1.165) is 12.1 Å². The highest BCUT2D eigenvalue weighted by Gasteiger charge is 2.13. The standard InChI is InChI=1S/C14H15F2NOS/c1-2-17-13(11-7-8-19-9-11)10-3-5-12(6-4-10)18-14(15)16/h3-9,13-14,17H,2H2,1H3. The van der Waals surface area contributed by atoms with Gasteiger partial charge in [-0.1, -0.05) is 19.1 Å². The van der Waals surface area contributed by atoms with Crippen molar-refractivity contribution < 1.29 is 13.5 Å². The maximum atomic E-state index is 12.1. The van der Waals surface area contributed by atoms with Crippen molar-refractivity contribution in [2.45, 2.75) is 19.6 Å². The van der Waals surface area contributed by atoms with Crippen molar-refractivity contribution in [3.05, 3.63) is 52.2 Å². The lowest BCUT2D eigenvalue weighted by Gasteiger charge is -2.17. The second kappa shape index (κ2) is 6.63. The van der Waals surface area contributed by atoms with E-state index in [1.165, 1.54) is 5.56 Å². The van der Waals surface area contributed by atoms with Gasteiger partial charge in [-0.2, -0.15) is 20.1 Å². The summed E-state index contributed by atoms with van der Waals surface area (Å²) in [5, 5.41) is 7.48. The highest BCUT2D eigenvalue weighted by Crippen LogP contribution is 2.26. The van der Waals surface area contributed by atoms with Crippen LogP contribution >= 0.6 is 11.3 Å². The monoisotopic (exact) mass is 283 g/mol. The Labute approximate surface area is 115 Å². The molecule has 0 aliphatic carbocycles. The molecule has 0 bridgehead atoms. The van der Waals surface area contributed by atoms with Crippen LogP contribution in [0.2, 0.25) is 0 Å². The first-order chi connectivity index (χ1) is 9.20. The molecule has 19 heavy (non-hydrogen) atoms. The minimum atomic E-state index is -2.78. The number of benzene rings is 1. The zero-order chi connectivity index (χ0) is 13.7. The lowest BCUT2D eigenvalue weighted by atomic mass is 10.0. The fourth-order valence-corrected chi connectivity index (χ4v) is 2.60. The van der Waals surface area contributed by atoms with Gasteiger partial charge in [-0.05, 0) is 46.6 Å². The Morgan fingerprint density at radius 3 is 2.42 bits per heavy atom. The van der Waals surface area contributed by atoms with Gasteiger partial charge in [-0.15, -0.1) is 0 Å². The van der Waals surface area contributed by atoms with E-state index in [-0.39, 0.29) is 11.8 Å². The molecule has 0 spiro atoms. The molecule has 0 aliphatic heterocycles. The van der Waals surface area contributed by atoms with Gasteiger partial charge in [0.15, 0.2) is 0 Å². The molecule has 0 amide bonds. The fourth-order valence-electron chi connectivity index (χ4n) is 1.91. The molecule has 0 aliphatic rings. The summed E-state index contributed by atoms with van der Waals surface area (Å²) in [6.07, 6.45) is 0. The molecule has 102 valence electrons. The molecule has 1 unspecified atom stereocenters. The average molecular weight is 283 g/mol. The minimum absolute atomic E-state index is 0.0804. The number of nitrogens with one attached hydrogen (secondary N) is 1. The van der Waals surface area contributed by atoms with Crippen molar-refractivity contribution in [2.75, 3.05) is 6.54 Å². The first-order valence-corrected chi connectivity index (χ1v) is 6.95. The van der Waals surface area contributed by atoms with Crippen molar-refractivity contribution in [2.24, 2.45) is 0 Å². The molecule has 2 nitrogen and oxygen atoms in total. The summed E-state index contributed by atoms with van der Waals surface area (Å²) in [5.74, 6) is 0.180. The Kier molecular flexibility index (Phi) is 4.87. The number of hydrogen-bond donors (Lipinski definition) is 1. The van der Waals surface area contributed by atoms with Crippen molar-refractivity contribution in [1.29, 1.82) is 0 Å². The van der Waals surface area contributed by atoms with Gasteiger partial charge < -0.3 is 10.1 Å². The summed E-state index contributed by atoms with van der Waals surface area (Å²) in [6.45, 7) is 0.0796. The molecule has 1 aromatic carbocycles. The molecule has 2 aromatic rings. The molecule has 1 N–H and O–H groups in total. The number of rotatable bonds is 6. The van der Waals surface area contributed by atoms with Gasteiger partial charge in [-0.3, -0.25) is 0 Å². The second-order valence-electron chi connectivity index (χ2n) is 3.99. The zero-order valence-corrected chi connectivity index (χ0v) is 11.3. The van der Waals surface area contributed by atoms with Gasteiger partial charge in [-0.25, -0.2) is 0 Å². The van der Waals surface area contributed by atoms with E-state index in [1.807, 2.05) is 24.4 Å². The summed E-state index contributed by atoms with van der Waals surface area (Å²) in [5.41, 5.74) is 2.20. The number of alkyl halides is 2. The summed E-state index contributed by atoms with van der Waals surface area (Å²) < 4.78 is 28.5. The van der Waals surface area contributed by atoms with E-state index in [4.69, 9.17) is 0 Å². The zero-order valence-electron chi connectivity index (χ0n) is 10.5. The van der Waals surface area contributed by atoms with E-state index in [9.17, 15) is 8.78 Å². The van der Waals surface area contributed by atoms with Crippen LogP contribution in [-0.2, 0) is 0 Å². The van der Waals surface area contributed by atoms with Crippen LogP contribution in [0.5, 0.6) is 5.75 Å². The Hall–Kier alpha value is -1.46. The van der Waals surface area contributed by atoms with Crippen LogP contribution in [-0.4, -0.2) is 13.2 Å². The highest BCUT2D eigenvalue weighted by molar-refractivity contribution is 7.08. The van der Waals surface area contributed by atoms with Gasteiger partial charge >= 0.3 is 6.61 Å². The molecule has 1 aromatic heterocycles. The van der Waals surface area contributed by atoms with Gasteiger partial charge in [0.05, 0.1) is 6.04 Å². The Morgan fingerprint density at radius 2 is 1.89 bits per heavy atom. The fraction of sp³-hybridized carbons (Fsp3) is 0.286. The summed E-state index contributed by atoms with van der Waals surface area (Å²) in [4.78, 5) is 0. The topological polar surface area (TPSA) is 21.3 Å². The van der Waals surface area contributed by atoms with Gasteiger partial charge in [0.1, 0.15) is 5.75 Å². The normalized spacial score (nSPS) is 12.6. The molecule has 2 rings (SSSR count). The van der Waals surface area contributed by atoms with Crippen molar-refractivity contribution in [3.63, 3.8) is 0 Å². The number of hydrogen-bond acceptors (Lipinski definition) is 3. The lowest BCUT2D eigenvalue weighted by Crippen LogP contribution is -2.21. The summed E-state index contributed by atoms with van der Waals surface area (Å²) >= 11 is 1.64. The highest BCUT2D eigenvalue weighted by atomic mass is 32.1. The molecule has 1 heterocycles. The Morgan fingerprint density at radius 1 is 1.16 bits per heavy atom. The average Bonchev–Trinajstić information content (AvgIpc) is 2.90. The van der Waals surface area contributed by atoms with E-state index < -0.39 is 6.61 Å². The molecule has 0 saturated heterocycles. The van der Waals surface area contributed by atoms with Gasteiger partial charge in [0, 0.05) is 0 Å². The van der Waals surface area contributed by atoms with Crippen LogP contribution in [0.1, 0.15) is 24.1 Å². The lowest BCUT2D eigenvalue weighted by molar-refractivity contribution is -0.0498. The maximum Gasteiger partial charge on any atom is 0.387 e. The predicted octanol–water partition coefficient (Wildman–Crippen LogP) is 4.05. The molecule has 0 fully saturated rings. The largest absolute Gasteiger partial charge is 0.435 e. The number of thiophene rings is 1. The van der Waals surface area contributed by atoms with Crippen LogP contribution < -0.4 is 10.1 Å². The van der Waals surface area contributed by atoms with Crippen LogP contribution in [0.25, 0.3) is 0 Å². The van der Waals surface area contributed by atoms with E-state index in [1.54, 1.807) is 23.5 Å². The third kappa shape index (κ3) is 3.75. The summed E-state index contributed by atoms with van der Waals surface area (Å²) in [7, 11) is 0. The third-order valence-electron chi connectivity index (χ3n) is 2.72. The molecule has 0 radical (unpaired) electrons. The maximum absolute atomic E-state index is 12.1. The number of halogens is 2.